The van der Waals surface area contributed by atoms with E-state index in [4.69, 9.17) is 0 Å². The van der Waals surface area contributed by atoms with E-state index in [-0.39, 0.29) is 17.2 Å². The second-order valence-electron chi connectivity index (χ2n) is 3.42. The first-order valence-electron chi connectivity index (χ1n) is 4.91. The number of hydrogen-bond donors (Lipinski definition) is 3. The highest BCUT2D eigenvalue weighted by Gasteiger charge is 2.11. The number of amides is 1. The van der Waals surface area contributed by atoms with Crippen LogP contribution in [0.5, 0.6) is 5.75 Å². The molecule has 2 rings (SSSR count). The normalized spacial score (nSPS) is 10.2. The van der Waals surface area contributed by atoms with Gasteiger partial charge in [0, 0.05) is 10.7 Å². The Kier molecular flexibility index (Phi) is 3.43. The molecule has 0 saturated heterocycles. The number of H-pyrrole nitrogens is 1. The Morgan fingerprint density at radius 2 is 2.35 bits per heavy atom. The fourth-order valence-electron chi connectivity index (χ4n) is 1.34. The van der Waals surface area contributed by atoms with E-state index in [0.29, 0.717) is 6.54 Å². The maximum Gasteiger partial charge on any atom is 0.255 e. The van der Waals surface area contributed by atoms with Crippen molar-refractivity contribution >= 4 is 21.8 Å². The number of rotatable bonds is 3. The van der Waals surface area contributed by atoms with Crippen LogP contribution in [0.25, 0.3) is 0 Å². The Bertz CT molecular complexity index is 526. The summed E-state index contributed by atoms with van der Waals surface area (Å²) in [6.07, 6.45) is 3.17. The van der Waals surface area contributed by atoms with Crippen molar-refractivity contribution in [2.75, 3.05) is 0 Å². The van der Waals surface area contributed by atoms with E-state index >= 15 is 0 Å². The van der Waals surface area contributed by atoms with Crippen molar-refractivity contribution < 1.29 is 9.90 Å². The number of carbonyl (C=O) groups is 1. The molecule has 0 atom stereocenters. The van der Waals surface area contributed by atoms with E-state index in [2.05, 4.69) is 31.2 Å². The van der Waals surface area contributed by atoms with Gasteiger partial charge in [-0.25, -0.2) is 4.98 Å². The van der Waals surface area contributed by atoms with Crippen molar-refractivity contribution in [2.24, 2.45) is 0 Å². The van der Waals surface area contributed by atoms with Gasteiger partial charge in [0.2, 0.25) is 0 Å². The molecule has 17 heavy (non-hydrogen) atoms. The molecule has 5 nitrogen and oxygen atoms in total. The maximum absolute atomic E-state index is 11.8. The number of aromatic hydroxyl groups is 1. The molecule has 0 aliphatic rings. The third-order valence-electron chi connectivity index (χ3n) is 2.20. The van der Waals surface area contributed by atoms with Crippen LogP contribution in [0.3, 0.4) is 0 Å². The molecular formula is C11H10BrN3O2. The standard InChI is InChI=1S/C11H10BrN3O2/c12-7-1-2-10(16)9(3-7)11(17)14-5-8-4-13-6-15-8/h1-4,6,16H,5H2,(H,13,15)(H,14,17). The number of benzene rings is 1. The van der Waals surface area contributed by atoms with Crippen molar-refractivity contribution in [3.8, 4) is 5.75 Å². The zero-order valence-electron chi connectivity index (χ0n) is 8.77. The van der Waals surface area contributed by atoms with Crippen molar-refractivity contribution in [3.63, 3.8) is 0 Å². The molecule has 0 aliphatic heterocycles. The Labute approximate surface area is 106 Å². The third-order valence-corrected chi connectivity index (χ3v) is 2.69. The first kappa shape index (κ1) is 11.7. The van der Waals surface area contributed by atoms with Crippen molar-refractivity contribution in [2.45, 2.75) is 6.54 Å². The second kappa shape index (κ2) is 5.01. The molecule has 0 aliphatic carbocycles. The van der Waals surface area contributed by atoms with E-state index < -0.39 is 0 Å². The number of halogens is 1. The Balaban J connectivity index is 2.07. The lowest BCUT2D eigenvalue weighted by Gasteiger charge is -2.06. The molecule has 1 aromatic carbocycles. The van der Waals surface area contributed by atoms with E-state index in [1.54, 1.807) is 18.3 Å². The van der Waals surface area contributed by atoms with Crippen LogP contribution >= 0.6 is 15.9 Å². The summed E-state index contributed by atoms with van der Waals surface area (Å²) in [5, 5.41) is 12.2. The van der Waals surface area contributed by atoms with Gasteiger partial charge in [0.05, 0.1) is 24.1 Å². The van der Waals surface area contributed by atoms with Crippen molar-refractivity contribution in [3.05, 3.63) is 46.5 Å². The predicted molar refractivity (Wildman–Crippen MR) is 65.6 cm³/mol. The van der Waals surface area contributed by atoms with Crippen LogP contribution in [0.15, 0.2) is 35.2 Å². The van der Waals surface area contributed by atoms with Crippen LogP contribution in [0, 0.1) is 0 Å². The summed E-state index contributed by atoms with van der Waals surface area (Å²) >= 11 is 3.25. The highest BCUT2D eigenvalue weighted by Crippen LogP contribution is 2.21. The van der Waals surface area contributed by atoms with Gasteiger partial charge in [-0.2, -0.15) is 0 Å². The number of phenols is 1. The number of phenolic OH excluding ortho intramolecular Hbond substituents is 1. The summed E-state index contributed by atoms with van der Waals surface area (Å²) in [5.74, 6) is -0.381. The second-order valence-corrected chi connectivity index (χ2v) is 4.34. The fraction of sp³-hybridized carbons (Fsp3) is 0.0909. The lowest BCUT2D eigenvalue weighted by molar-refractivity contribution is 0.0947. The van der Waals surface area contributed by atoms with Gasteiger partial charge >= 0.3 is 0 Å². The number of carbonyl (C=O) groups excluding carboxylic acids is 1. The monoisotopic (exact) mass is 295 g/mol. The summed E-state index contributed by atoms with van der Waals surface area (Å²) in [5.41, 5.74) is 1.03. The summed E-state index contributed by atoms with van der Waals surface area (Å²) < 4.78 is 0.738. The summed E-state index contributed by atoms with van der Waals surface area (Å²) in [7, 11) is 0. The molecule has 2 aromatic rings. The largest absolute Gasteiger partial charge is 0.507 e. The molecule has 0 bridgehead atoms. The third kappa shape index (κ3) is 2.85. The molecule has 0 unspecified atom stereocenters. The van der Waals surface area contributed by atoms with Gasteiger partial charge < -0.3 is 15.4 Å². The van der Waals surface area contributed by atoms with Crippen LogP contribution in [-0.4, -0.2) is 21.0 Å². The van der Waals surface area contributed by atoms with Crippen LogP contribution in [-0.2, 0) is 6.54 Å². The van der Waals surface area contributed by atoms with Gasteiger partial charge in [-0.15, -0.1) is 0 Å². The van der Waals surface area contributed by atoms with Crippen molar-refractivity contribution in [1.82, 2.24) is 15.3 Å². The summed E-state index contributed by atoms with van der Waals surface area (Å²) in [6.45, 7) is 0.338. The number of hydrogen-bond acceptors (Lipinski definition) is 3. The maximum atomic E-state index is 11.8. The zero-order valence-corrected chi connectivity index (χ0v) is 10.4. The molecule has 1 aromatic heterocycles. The van der Waals surface area contributed by atoms with E-state index in [1.807, 2.05) is 0 Å². The lowest BCUT2D eigenvalue weighted by atomic mass is 10.2. The predicted octanol–water partition coefficient (Wildman–Crippen LogP) is 1.81. The van der Waals surface area contributed by atoms with E-state index in [1.165, 1.54) is 12.4 Å². The molecule has 88 valence electrons. The molecule has 6 heteroatoms. The van der Waals surface area contributed by atoms with Crippen LogP contribution in [0.1, 0.15) is 16.1 Å². The minimum Gasteiger partial charge on any atom is -0.507 e. The minimum atomic E-state index is -0.335. The van der Waals surface area contributed by atoms with Gasteiger partial charge in [-0.1, -0.05) is 15.9 Å². The molecule has 3 N–H and O–H groups in total. The fourth-order valence-corrected chi connectivity index (χ4v) is 1.70. The Hall–Kier alpha value is -1.82. The van der Waals surface area contributed by atoms with E-state index in [9.17, 15) is 9.90 Å². The number of aromatic nitrogens is 2. The molecule has 0 saturated carbocycles. The molecule has 1 heterocycles. The van der Waals surface area contributed by atoms with Crippen LogP contribution < -0.4 is 5.32 Å². The zero-order chi connectivity index (χ0) is 12.3. The molecule has 1 amide bonds. The quantitative estimate of drug-likeness (QED) is 0.808. The van der Waals surface area contributed by atoms with Gasteiger partial charge in [0.25, 0.3) is 5.91 Å². The first-order valence-corrected chi connectivity index (χ1v) is 5.70. The molecule has 0 radical (unpaired) electrons. The van der Waals surface area contributed by atoms with Gasteiger partial charge in [-0.3, -0.25) is 4.79 Å². The number of aromatic amines is 1. The lowest BCUT2D eigenvalue weighted by Crippen LogP contribution is -2.23. The summed E-state index contributed by atoms with van der Waals surface area (Å²) in [6, 6.07) is 4.70. The minimum absolute atomic E-state index is 0.0460. The number of imidazole rings is 1. The first-order chi connectivity index (χ1) is 8.16. The van der Waals surface area contributed by atoms with Gasteiger partial charge in [-0.05, 0) is 18.2 Å². The SMILES string of the molecule is O=C(NCc1cnc[nH]1)c1cc(Br)ccc1O. The smallest absolute Gasteiger partial charge is 0.255 e. The Morgan fingerprint density at radius 1 is 1.53 bits per heavy atom. The van der Waals surface area contributed by atoms with E-state index in [0.717, 1.165) is 10.2 Å². The van der Waals surface area contributed by atoms with Crippen LogP contribution in [0.4, 0.5) is 0 Å². The molecular weight excluding hydrogens is 286 g/mol. The number of nitrogens with zero attached hydrogens (tertiary/aromatic N) is 1. The van der Waals surface area contributed by atoms with Gasteiger partial charge in [0.15, 0.2) is 0 Å². The highest BCUT2D eigenvalue weighted by atomic mass is 79.9. The van der Waals surface area contributed by atoms with Crippen molar-refractivity contribution in [1.29, 1.82) is 0 Å². The molecule has 0 spiro atoms. The molecule has 0 fully saturated rings. The number of nitrogens with one attached hydrogen (secondary N) is 2. The topological polar surface area (TPSA) is 78.0 Å². The Morgan fingerprint density at radius 3 is 3.06 bits per heavy atom. The van der Waals surface area contributed by atoms with Crippen LogP contribution in [0.2, 0.25) is 0 Å². The summed E-state index contributed by atoms with van der Waals surface area (Å²) in [4.78, 5) is 18.5. The highest BCUT2D eigenvalue weighted by molar-refractivity contribution is 9.10. The average Bonchev–Trinajstić information content (AvgIpc) is 2.82. The van der Waals surface area contributed by atoms with Gasteiger partial charge in [0.1, 0.15) is 5.75 Å². The average molecular weight is 296 g/mol.